The lowest BCUT2D eigenvalue weighted by Gasteiger charge is -2.58. The maximum atomic E-state index is 14.4. The maximum Gasteiger partial charge on any atom is 0.416 e. The van der Waals surface area contributed by atoms with E-state index in [1.807, 2.05) is 13.0 Å². The van der Waals surface area contributed by atoms with Crippen LogP contribution in [0.1, 0.15) is 70.6 Å². The summed E-state index contributed by atoms with van der Waals surface area (Å²) >= 11 is 0. The van der Waals surface area contributed by atoms with E-state index >= 15 is 0 Å². The fourth-order valence-corrected chi connectivity index (χ4v) is 6.28. The summed E-state index contributed by atoms with van der Waals surface area (Å²) in [5.41, 5.74) is -4.27. The minimum atomic E-state index is -4.82. The van der Waals surface area contributed by atoms with Gasteiger partial charge in [-0.3, -0.25) is 9.79 Å². The number of hydrogen-bond donors (Lipinski definition) is 2. The molecule has 3 rings (SSSR count). The summed E-state index contributed by atoms with van der Waals surface area (Å²) in [5.74, 6) is -4.02. The number of alkyl halides is 3. The van der Waals surface area contributed by atoms with E-state index in [4.69, 9.17) is 4.99 Å². The number of halogens is 3. The van der Waals surface area contributed by atoms with Gasteiger partial charge < -0.3 is 15.1 Å². The second-order valence-corrected chi connectivity index (χ2v) is 10.0. The molecule has 3 atom stereocenters. The Morgan fingerprint density at radius 2 is 1.56 bits per heavy atom. The fraction of sp³-hybridized carbons (Fsp3) is 0.433. The van der Waals surface area contributed by atoms with Crippen LogP contribution in [0.2, 0.25) is 0 Å². The molecule has 0 saturated carbocycles. The number of aliphatic imine (C=N–C) groups is 1. The Morgan fingerprint density at radius 1 is 0.974 bits per heavy atom. The van der Waals surface area contributed by atoms with Crippen molar-refractivity contribution in [3.05, 3.63) is 82.6 Å². The van der Waals surface area contributed by atoms with Crippen LogP contribution in [-0.2, 0) is 21.2 Å². The van der Waals surface area contributed by atoms with Gasteiger partial charge in [-0.25, -0.2) is 4.79 Å². The average Bonchev–Trinajstić information content (AvgIpc) is 2.89. The molecule has 2 aromatic carbocycles. The highest BCUT2D eigenvalue weighted by Crippen LogP contribution is 2.57. The van der Waals surface area contributed by atoms with E-state index < -0.39 is 40.6 Å². The lowest BCUT2D eigenvalue weighted by Crippen LogP contribution is -2.66. The van der Waals surface area contributed by atoms with Crippen LogP contribution in [0.3, 0.4) is 0 Å². The summed E-state index contributed by atoms with van der Waals surface area (Å²) in [6, 6.07) is 13.7. The van der Waals surface area contributed by atoms with Crippen LogP contribution in [0.5, 0.6) is 0 Å². The number of benzene rings is 2. The van der Waals surface area contributed by atoms with Gasteiger partial charge in [-0.05, 0) is 44.7 Å². The molecule has 0 aliphatic carbocycles. The highest BCUT2D eigenvalue weighted by Gasteiger charge is 2.64. The van der Waals surface area contributed by atoms with Gasteiger partial charge in [-0.2, -0.15) is 13.2 Å². The molecular weight excluding hydrogens is 509 g/mol. The first-order valence-corrected chi connectivity index (χ1v) is 13.1. The molecule has 39 heavy (non-hydrogen) atoms. The third-order valence-corrected chi connectivity index (χ3v) is 7.95. The molecule has 0 bridgehead atoms. The monoisotopic (exact) mass is 544 g/mol. The number of aliphatic carboxylic acids is 2. The van der Waals surface area contributed by atoms with Gasteiger partial charge >= 0.3 is 18.1 Å². The summed E-state index contributed by atoms with van der Waals surface area (Å²) in [4.78, 5) is 32.7. The van der Waals surface area contributed by atoms with Crippen molar-refractivity contribution in [2.45, 2.75) is 71.0 Å². The van der Waals surface area contributed by atoms with Crippen molar-refractivity contribution < 1.29 is 33.0 Å². The molecule has 2 N–H and O–H groups in total. The standard InChI is InChI=1S/C30H35F3N2O4/c1-6-18-34-25(20-14-10-9-11-15-20)35-19(4)23(26(36)37)29(8-3,24(27(38)39)28(35,5)7-2)21-16-12-13-17-22(21)30(31,32)33/h9-17,24H,6-8,18H2,1-5H3,(H,36,37)(H,38,39). The van der Waals surface area contributed by atoms with Crippen molar-refractivity contribution in [3.63, 3.8) is 0 Å². The molecule has 0 radical (unpaired) electrons. The van der Waals surface area contributed by atoms with Crippen molar-refractivity contribution >= 4 is 17.8 Å². The molecule has 0 spiro atoms. The van der Waals surface area contributed by atoms with Gasteiger partial charge in [0.2, 0.25) is 0 Å². The highest BCUT2D eigenvalue weighted by molar-refractivity contribution is 6.03. The van der Waals surface area contributed by atoms with E-state index in [-0.39, 0.29) is 29.7 Å². The Labute approximate surface area is 226 Å². The molecule has 210 valence electrons. The van der Waals surface area contributed by atoms with Crippen LogP contribution in [0.15, 0.2) is 70.9 Å². The summed E-state index contributed by atoms with van der Waals surface area (Å²) in [5, 5.41) is 21.4. The van der Waals surface area contributed by atoms with Gasteiger partial charge in [0.25, 0.3) is 0 Å². The average molecular weight is 545 g/mol. The van der Waals surface area contributed by atoms with E-state index in [0.717, 1.165) is 6.07 Å². The third kappa shape index (κ3) is 4.94. The Morgan fingerprint density at radius 3 is 2.05 bits per heavy atom. The van der Waals surface area contributed by atoms with E-state index in [1.165, 1.54) is 18.2 Å². The minimum absolute atomic E-state index is 0.168. The van der Waals surface area contributed by atoms with Crippen LogP contribution < -0.4 is 0 Å². The number of nitrogens with zero attached hydrogens (tertiary/aromatic N) is 2. The van der Waals surface area contributed by atoms with Crippen LogP contribution >= 0.6 is 0 Å². The Balaban J connectivity index is 2.59. The van der Waals surface area contributed by atoms with Gasteiger partial charge in [0.15, 0.2) is 0 Å². The Kier molecular flexibility index (Phi) is 8.63. The zero-order valence-electron chi connectivity index (χ0n) is 22.8. The smallest absolute Gasteiger partial charge is 0.416 e. The van der Waals surface area contributed by atoms with Crippen molar-refractivity contribution in [2.24, 2.45) is 10.9 Å². The van der Waals surface area contributed by atoms with Crippen molar-refractivity contribution in [1.82, 2.24) is 4.90 Å². The first-order chi connectivity index (χ1) is 18.3. The molecule has 1 aliphatic heterocycles. The molecule has 0 fully saturated rings. The van der Waals surface area contributed by atoms with Gasteiger partial charge in [-0.15, -0.1) is 0 Å². The molecule has 9 heteroatoms. The fourth-order valence-electron chi connectivity index (χ4n) is 6.28. The summed E-state index contributed by atoms with van der Waals surface area (Å²) < 4.78 is 43.1. The Bertz CT molecular complexity index is 1290. The molecule has 1 heterocycles. The van der Waals surface area contributed by atoms with Gasteiger partial charge in [-0.1, -0.05) is 69.3 Å². The topological polar surface area (TPSA) is 90.2 Å². The molecule has 1 aliphatic rings. The quantitative estimate of drug-likeness (QED) is 0.283. The van der Waals surface area contributed by atoms with E-state index in [2.05, 4.69) is 0 Å². The summed E-state index contributed by atoms with van der Waals surface area (Å²) in [6.07, 6.45) is -4.12. The van der Waals surface area contributed by atoms with Crippen LogP contribution in [0, 0.1) is 5.92 Å². The van der Waals surface area contributed by atoms with E-state index in [0.29, 0.717) is 24.4 Å². The normalized spacial score (nSPS) is 24.2. The van der Waals surface area contributed by atoms with E-state index in [9.17, 15) is 33.0 Å². The molecule has 0 aromatic heterocycles. The number of carboxylic acids is 2. The largest absolute Gasteiger partial charge is 0.481 e. The third-order valence-electron chi connectivity index (χ3n) is 7.95. The van der Waals surface area contributed by atoms with Gasteiger partial charge in [0, 0.05) is 23.2 Å². The van der Waals surface area contributed by atoms with Gasteiger partial charge in [0.05, 0.1) is 22.6 Å². The molecule has 3 unspecified atom stereocenters. The summed E-state index contributed by atoms with van der Waals surface area (Å²) in [6.45, 7) is 8.86. The second kappa shape index (κ2) is 11.2. The van der Waals surface area contributed by atoms with Crippen LogP contribution in [-0.4, -0.2) is 45.0 Å². The number of hydrogen-bond acceptors (Lipinski definition) is 3. The first-order valence-electron chi connectivity index (χ1n) is 13.1. The number of carboxylic acid groups (broad SMARTS) is 2. The maximum absolute atomic E-state index is 14.4. The number of amidine groups is 1. The van der Waals surface area contributed by atoms with Crippen LogP contribution in [0.25, 0.3) is 0 Å². The van der Waals surface area contributed by atoms with Crippen LogP contribution in [0.4, 0.5) is 13.2 Å². The predicted octanol–water partition coefficient (Wildman–Crippen LogP) is 6.75. The predicted molar refractivity (Wildman–Crippen MR) is 144 cm³/mol. The molecule has 0 saturated heterocycles. The van der Waals surface area contributed by atoms with Gasteiger partial charge in [0.1, 0.15) is 5.84 Å². The Hall–Kier alpha value is -3.62. The molecule has 6 nitrogen and oxygen atoms in total. The number of allylic oxidation sites excluding steroid dienone is 1. The zero-order valence-corrected chi connectivity index (χ0v) is 22.8. The number of rotatable bonds is 8. The first kappa shape index (κ1) is 29.9. The molecular formula is C30H35F3N2O4. The summed E-state index contributed by atoms with van der Waals surface area (Å²) in [7, 11) is 0. The van der Waals surface area contributed by atoms with Crippen molar-refractivity contribution in [2.75, 3.05) is 6.54 Å². The van der Waals surface area contributed by atoms with Crippen molar-refractivity contribution in [3.8, 4) is 0 Å². The molecule has 0 amide bonds. The SMILES string of the molecule is CCCN=C(c1ccccc1)N1C(C)=C(C(=O)O)C(CC)(c2ccccc2C(F)(F)F)C(C(=O)O)C1(C)CC. The minimum Gasteiger partial charge on any atom is -0.481 e. The van der Waals surface area contributed by atoms with Crippen molar-refractivity contribution in [1.29, 1.82) is 0 Å². The lowest BCUT2D eigenvalue weighted by molar-refractivity contribution is -0.154. The highest BCUT2D eigenvalue weighted by atomic mass is 19.4. The number of carbonyl (C=O) groups is 2. The zero-order chi connectivity index (χ0) is 29.2. The second-order valence-electron chi connectivity index (χ2n) is 10.0. The molecule has 2 aromatic rings. The lowest BCUT2D eigenvalue weighted by atomic mass is 9.53. The van der Waals surface area contributed by atoms with E-state index in [1.54, 1.807) is 56.9 Å².